The van der Waals surface area contributed by atoms with Crippen LogP contribution in [-0.2, 0) is 4.74 Å². The molecule has 23 heavy (non-hydrogen) atoms. The maximum Gasteiger partial charge on any atom is 0.254 e. The van der Waals surface area contributed by atoms with Crippen molar-refractivity contribution >= 4 is 5.91 Å². The molecule has 0 bridgehead atoms. The second kappa shape index (κ2) is 7.36. The predicted molar refractivity (Wildman–Crippen MR) is 87.4 cm³/mol. The molecule has 2 aliphatic rings. The number of carbonyl (C=O) groups is 1. The van der Waals surface area contributed by atoms with E-state index in [2.05, 4.69) is 20.2 Å². The van der Waals surface area contributed by atoms with E-state index < -0.39 is 0 Å². The summed E-state index contributed by atoms with van der Waals surface area (Å²) in [6.45, 7) is 8.73. The van der Waals surface area contributed by atoms with Gasteiger partial charge in [-0.05, 0) is 39.0 Å². The van der Waals surface area contributed by atoms with Crippen molar-refractivity contribution in [3.05, 3.63) is 23.3 Å². The monoisotopic (exact) mass is 318 g/mol. The number of nitrogens with zero attached hydrogens (tertiary/aromatic N) is 3. The molecule has 1 atom stereocenters. The van der Waals surface area contributed by atoms with Crippen molar-refractivity contribution in [3.8, 4) is 0 Å². The summed E-state index contributed by atoms with van der Waals surface area (Å²) < 4.78 is 5.45. The van der Waals surface area contributed by atoms with E-state index in [-0.39, 0.29) is 11.9 Å². The van der Waals surface area contributed by atoms with Gasteiger partial charge in [-0.25, -0.2) is 9.97 Å². The molecule has 126 valence electrons. The van der Waals surface area contributed by atoms with Crippen LogP contribution in [0.25, 0.3) is 0 Å². The normalized spacial score (nSPS) is 23.1. The maximum atomic E-state index is 12.4. The van der Waals surface area contributed by atoms with E-state index in [1.165, 1.54) is 6.42 Å². The van der Waals surface area contributed by atoms with Gasteiger partial charge in [0.1, 0.15) is 5.82 Å². The predicted octanol–water partition coefficient (Wildman–Crippen LogP) is 1.32. The van der Waals surface area contributed by atoms with Gasteiger partial charge in [0.15, 0.2) is 0 Å². The molecule has 2 fully saturated rings. The SMILES string of the molecule is Cc1ncc(C(=O)NC2CCN(CC3CCOC3)CC2)c(C)n1. The molecule has 3 heterocycles. The van der Waals surface area contributed by atoms with E-state index in [0.29, 0.717) is 17.3 Å². The van der Waals surface area contributed by atoms with Crippen molar-refractivity contribution in [2.45, 2.75) is 39.2 Å². The summed E-state index contributed by atoms with van der Waals surface area (Å²) in [7, 11) is 0. The number of ether oxygens (including phenoxy) is 1. The molecular formula is C17H26N4O2. The number of aromatic nitrogens is 2. The highest BCUT2D eigenvalue weighted by atomic mass is 16.5. The summed E-state index contributed by atoms with van der Waals surface area (Å²) >= 11 is 0. The molecule has 3 rings (SSSR count). The highest BCUT2D eigenvalue weighted by molar-refractivity contribution is 5.95. The average molecular weight is 318 g/mol. The van der Waals surface area contributed by atoms with Crippen LogP contribution in [0.3, 0.4) is 0 Å². The second-order valence-electron chi connectivity index (χ2n) is 6.69. The van der Waals surface area contributed by atoms with E-state index >= 15 is 0 Å². The van der Waals surface area contributed by atoms with E-state index in [4.69, 9.17) is 4.74 Å². The highest BCUT2D eigenvalue weighted by Gasteiger charge is 2.25. The molecule has 6 heteroatoms. The minimum absolute atomic E-state index is 0.0508. The Hall–Kier alpha value is -1.53. The summed E-state index contributed by atoms with van der Waals surface area (Å²) in [5.74, 6) is 1.34. The number of nitrogens with one attached hydrogen (secondary N) is 1. The molecular weight excluding hydrogens is 292 g/mol. The van der Waals surface area contributed by atoms with Crippen LogP contribution in [0.1, 0.15) is 41.1 Å². The first-order valence-electron chi connectivity index (χ1n) is 8.53. The summed E-state index contributed by atoms with van der Waals surface area (Å²) in [5, 5.41) is 3.14. The van der Waals surface area contributed by atoms with Crippen molar-refractivity contribution in [3.63, 3.8) is 0 Å². The quantitative estimate of drug-likeness (QED) is 0.907. The molecule has 0 spiro atoms. The largest absolute Gasteiger partial charge is 0.381 e. The van der Waals surface area contributed by atoms with E-state index in [9.17, 15) is 4.79 Å². The zero-order valence-corrected chi connectivity index (χ0v) is 14.0. The van der Waals surface area contributed by atoms with E-state index in [0.717, 1.165) is 51.4 Å². The van der Waals surface area contributed by atoms with Crippen LogP contribution in [0, 0.1) is 19.8 Å². The van der Waals surface area contributed by atoms with E-state index in [1.54, 1.807) is 6.20 Å². The van der Waals surface area contributed by atoms with Gasteiger partial charge in [0.2, 0.25) is 0 Å². The van der Waals surface area contributed by atoms with Gasteiger partial charge in [-0.15, -0.1) is 0 Å². The first-order chi connectivity index (χ1) is 11.1. The standard InChI is InChI=1S/C17H26N4O2/c1-12-16(9-18-13(2)19-12)17(22)20-15-3-6-21(7-4-15)10-14-5-8-23-11-14/h9,14-15H,3-8,10-11H2,1-2H3,(H,20,22). The zero-order chi connectivity index (χ0) is 16.2. The van der Waals surface area contributed by atoms with Gasteiger partial charge in [0, 0.05) is 38.5 Å². The Bertz CT molecular complexity index is 550. The lowest BCUT2D eigenvalue weighted by molar-refractivity contribution is 0.0902. The number of carbonyl (C=O) groups excluding carboxylic acids is 1. The molecule has 6 nitrogen and oxygen atoms in total. The molecule has 2 saturated heterocycles. The van der Waals surface area contributed by atoms with Crippen LogP contribution in [0.4, 0.5) is 0 Å². The lowest BCUT2D eigenvalue weighted by Gasteiger charge is -2.33. The first-order valence-corrected chi connectivity index (χ1v) is 8.53. The number of hydrogen-bond acceptors (Lipinski definition) is 5. The summed E-state index contributed by atoms with van der Waals surface area (Å²) in [4.78, 5) is 23.3. The Morgan fingerprint density at radius 1 is 1.35 bits per heavy atom. The van der Waals surface area contributed by atoms with Crippen LogP contribution in [0.15, 0.2) is 6.20 Å². The Balaban J connectivity index is 1.47. The topological polar surface area (TPSA) is 67.4 Å². The lowest BCUT2D eigenvalue weighted by Crippen LogP contribution is -2.46. The first kappa shape index (κ1) is 16.3. The molecule has 0 aliphatic carbocycles. The number of piperidine rings is 1. The van der Waals surface area contributed by atoms with Gasteiger partial charge >= 0.3 is 0 Å². The third kappa shape index (κ3) is 4.26. The van der Waals surface area contributed by atoms with Gasteiger partial charge in [-0.2, -0.15) is 0 Å². The van der Waals surface area contributed by atoms with E-state index in [1.807, 2.05) is 13.8 Å². The molecule has 1 aromatic heterocycles. The third-order valence-corrected chi connectivity index (χ3v) is 4.81. The Morgan fingerprint density at radius 3 is 2.78 bits per heavy atom. The third-order valence-electron chi connectivity index (χ3n) is 4.81. The van der Waals surface area contributed by atoms with Crippen LogP contribution >= 0.6 is 0 Å². The van der Waals surface area contributed by atoms with Gasteiger partial charge in [0.05, 0.1) is 17.9 Å². The minimum atomic E-state index is -0.0508. The number of amides is 1. The Kier molecular flexibility index (Phi) is 5.23. The zero-order valence-electron chi connectivity index (χ0n) is 14.0. The van der Waals surface area contributed by atoms with Gasteiger partial charge in [0.25, 0.3) is 5.91 Å². The van der Waals surface area contributed by atoms with Crippen molar-refractivity contribution in [1.29, 1.82) is 0 Å². The minimum Gasteiger partial charge on any atom is -0.381 e. The smallest absolute Gasteiger partial charge is 0.254 e. The number of likely N-dealkylation sites (tertiary alicyclic amines) is 1. The molecule has 1 N–H and O–H groups in total. The van der Waals surface area contributed by atoms with Crippen LogP contribution < -0.4 is 5.32 Å². The fourth-order valence-corrected chi connectivity index (χ4v) is 3.42. The van der Waals surface area contributed by atoms with Crippen molar-refractivity contribution in [2.75, 3.05) is 32.8 Å². The molecule has 1 aromatic rings. The summed E-state index contributed by atoms with van der Waals surface area (Å²) in [5.41, 5.74) is 1.33. The van der Waals surface area contributed by atoms with Gasteiger partial charge in [-0.1, -0.05) is 0 Å². The Morgan fingerprint density at radius 2 is 2.13 bits per heavy atom. The van der Waals surface area contributed by atoms with Crippen molar-refractivity contribution in [1.82, 2.24) is 20.2 Å². The van der Waals surface area contributed by atoms with Crippen LogP contribution in [0.2, 0.25) is 0 Å². The van der Waals surface area contributed by atoms with Crippen molar-refractivity contribution < 1.29 is 9.53 Å². The number of aryl methyl sites for hydroxylation is 2. The fraction of sp³-hybridized carbons (Fsp3) is 0.706. The molecule has 0 aromatic carbocycles. The van der Waals surface area contributed by atoms with Crippen LogP contribution in [0.5, 0.6) is 0 Å². The molecule has 1 amide bonds. The van der Waals surface area contributed by atoms with Crippen LogP contribution in [-0.4, -0.2) is 59.7 Å². The summed E-state index contributed by atoms with van der Waals surface area (Å²) in [6.07, 6.45) is 4.82. The summed E-state index contributed by atoms with van der Waals surface area (Å²) in [6, 6.07) is 0.249. The number of rotatable bonds is 4. The van der Waals surface area contributed by atoms with Crippen molar-refractivity contribution in [2.24, 2.45) is 5.92 Å². The maximum absolute atomic E-state index is 12.4. The molecule has 1 unspecified atom stereocenters. The van der Waals surface area contributed by atoms with Gasteiger partial charge in [-0.3, -0.25) is 4.79 Å². The molecule has 2 aliphatic heterocycles. The lowest BCUT2D eigenvalue weighted by atomic mass is 10.0. The fourth-order valence-electron chi connectivity index (χ4n) is 3.42. The Labute approximate surface area is 137 Å². The second-order valence-corrected chi connectivity index (χ2v) is 6.69. The van der Waals surface area contributed by atoms with Gasteiger partial charge < -0.3 is 15.0 Å². The average Bonchev–Trinajstić information content (AvgIpc) is 3.02. The molecule has 0 radical (unpaired) electrons. The highest BCUT2D eigenvalue weighted by Crippen LogP contribution is 2.18. The molecule has 0 saturated carbocycles. The number of hydrogen-bond donors (Lipinski definition) is 1.